The van der Waals surface area contributed by atoms with Gasteiger partial charge in [-0.25, -0.2) is 9.59 Å². The Labute approximate surface area is 115 Å². The first-order valence-electron chi connectivity index (χ1n) is 6.26. The van der Waals surface area contributed by atoms with Gasteiger partial charge in [-0.05, 0) is 31.5 Å². The zero-order valence-electron chi connectivity index (χ0n) is 11.2. The topological polar surface area (TPSA) is 92.7 Å². The summed E-state index contributed by atoms with van der Waals surface area (Å²) in [6, 6.07) is 3.86. The van der Waals surface area contributed by atoms with Gasteiger partial charge in [0.05, 0.1) is 17.7 Å². The SMILES string of the molecule is CC(C)OC(=O)NC1CC(=O)c2cc(C(=O)O)ccc21. The van der Waals surface area contributed by atoms with Crippen LogP contribution in [0.5, 0.6) is 0 Å². The lowest BCUT2D eigenvalue weighted by atomic mass is 10.0. The van der Waals surface area contributed by atoms with E-state index in [4.69, 9.17) is 9.84 Å². The highest BCUT2D eigenvalue weighted by molar-refractivity contribution is 6.03. The summed E-state index contributed by atoms with van der Waals surface area (Å²) in [5.74, 6) is -1.27. The van der Waals surface area contributed by atoms with E-state index in [0.29, 0.717) is 11.1 Å². The molecule has 1 amide bonds. The molecule has 1 aromatic carbocycles. The molecule has 1 aliphatic carbocycles. The van der Waals surface area contributed by atoms with E-state index in [1.54, 1.807) is 19.9 Å². The molecular formula is C14H15NO5. The minimum Gasteiger partial charge on any atom is -0.478 e. The summed E-state index contributed by atoms with van der Waals surface area (Å²) in [6.07, 6.45) is -0.722. The predicted molar refractivity (Wildman–Crippen MR) is 69.8 cm³/mol. The summed E-state index contributed by atoms with van der Waals surface area (Å²) in [5, 5.41) is 11.5. The van der Waals surface area contributed by atoms with Crippen molar-refractivity contribution in [2.24, 2.45) is 0 Å². The Bertz CT molecular complexity index is 579. The largest absolute Gasteiger partial charge is 0.478 e. The first-order valence-corrected chi connectivity index (χ1v) is 6.26. The number of amides is 1. The minimum absolute atomic E-state index is 0.0579. The number of ether oxygens (including phenoxy) is 1. The number of ketones is 1. The summed E-state index contributed by atoms with van der Waals surface area (Å²) in [5.41, 5.74) is 1.03. The monoisotopic (exact) mass is 277 g/mol. The molecule has 0 heterocycles. The fraction of sp³-hybridized carbons (Fsp3) is 0.357. The van der Waals surface area contributed by atoms with E-state index in [1.807, 2.05) is 0 Å². The fourth-order valence-corrected chi connectivity index (χ4v) is 2.16. The number of carboxylic acid groups (broad SMARTS) is 1. The number of fused-ring (bicyclic) bond motifs is 1. The molecule has 0 saturated heterocycles. The van der Waals surface area contributed by atoms with Crippen molar-refractivity contribution in [1.29, 1.82) is 0 Å². The molecule has 1 atom stereocenters. The van der Waals surface area contributed by atoms with Crippen molar-refractivity contribution in [3.63, 3.8) is 0 Å². The van der Waals surface area contributed by atoms with Gasteiger partial charge < -0.3 is 15.2 Å². The Morgan fingerprint density at radius 1 is 1.40 bits per heavy atom. The van der Waals surface area contributed by atoms with Crippen LogP contribution in [0.1, 0.15) is 52.6 Å². The average molecular weight is 277 g/mol. The lowest BCUT2D eigenvalue weighted by Crippen LogP contribution is -2.30. The van der Waals surface area contributed by atoms with Gasteiger partial charge >= 0.3 is 12.1 Å². The van der Waals surface area contributed by atoms with Gasteiger partial charge in [-0.2, -0.15) is 0 Å². The van der Waals surface area contributed by atoms with Crippen LogP contribution in [0, 0.1) is 0 Å². The number of Topliss-reactive ketones (excluding diaryl/α,β-unsaturated/α-hetero) is 1. The second kappa shape index (κ2) is 5.32. The van der Waals surface area contributed by atoms with Gasteiger partial charge in [-0.1, -0.05) is 6.07 Å². The summed E-state index contributed by atoms with van der Waals surface area (Å²) in [4.78, 5) is 34.3. The van der Waals surface area contributed by atoms with Crippen LogP contribution < -0.4 is 5.32 Å². The van der Waals surface area contributed by atoms with E-state index in [0.717, 1.165) is 0 Å². The second-order valence-corrected chi connectivity index (χ2v) is 4.89. The Hall–Kier alpha value is -2.37. The number of carboxylic acids is 1. The summed E-state index contributed by atoms with van der Waals surface area (Å²) in [7, 11) is 0. The normalized spacial score (nSPS) is 16.9. The molecule has 20 heavy (non-hydrogen) atoms. The van der Waals surface area contributed by atoms with E-state index in [2.05, 4.69) is 5.32 Å². The lowest BCUT2D eigenvalue weighted by molar-refractivity contribution is 0.0696. The molecule has 0 fully saturated rings. The Kier molecular flexibility index (Phi) is 3.74. The molecule has 0 saturated carbocycles. The number of hydrogen-bond donors (Lipinski definition) is 2. The maximum absolute atomic E-state index is 11.9. The zero-order chi connectivity index (χ0) is 14.9. The van der Waals surface area contributed by atoms with Crippen LogP contribution >= 0.6 is 0 Å². The zero-order valence-corrected chi connectivity index (χ0v) is 11.2. The average Bonchev–Trinajstić information content (AvgIpc) is 2.64. The molecule has 106 valence electrons. The van der Waals surface area contributed by atoms with Gasteiger partial charge in [-0.3, -0.25) is 4.79 Å². The van der Waals surface area contributed by atoms with Crippen molar-refractivity contribution in [3.8, 4) is 0 Å². The lowest BCUT2D eigenvalue weighted by Gasteiger charge is -2.15. The Balaban J connectivity index is 2.20. The number of hydrogen-bond acceptors (Lipinski definition) is 4. The predicted octanol–water partition coefficient (Wildman–Crippen LogP) is 2.15. The fourth-order valence-electron chi connectivity index (χ4n) is 2.16. The van der Waals surface area contributed by atoms with Crippen molar-refractivity contribution >= 4 is 17.8 Å². The summed E-state index contributed by atoms with van der Waals surface area (Å²) >= 11 is 0. The van der Waals surface area contributed by atoms with Gasteiger partial charge in [0.2, 0.25) is 0 Å². The van der Waals surface area contributed by atoms with E-state index >= 15 is 0 Å². The third kappa shape index (κ3) is 2.79. The number of alkyl carbamates (subject to hydrolysis) is 1. The molecule has 0 spiro atoms. The van der Waals surface area contributed by atoms with E-state index in [1.165, 1.54) is 12.1 Å². The van der Waals surface area contributed by atoms with Gasteiger partial charge in [0, 0.05) is 12.0 Å². The number of rotatable bonds is 3. The number of aromatic carboxylic acids is 1. The molecule has 1 unspecified atom stereocenters. The molecule has 1 aromatic rings. The van der Waals surface area contributed by atoms with Gasteiger partial charge in [-0.15, -0.1) is 0 Å². The van der Waals surface area contributed by atoms with Crippen LogP contribution in [0.15, 0.2) is 18.2 Å². The van der Waals surface area contributed by atoms with Gasteiger partial charge in [0.25, 0.3) is 0 Å². The number of benzene rings is 1. The molecule has 2 N–H and O–H groups in total. The smallest absolute Gasteiger partial charge is 0.407 e. The molecule has 0 radical (unpaired) electrons. The van der Waals surface area contributed by atoms with Crippen LogP contribution in [-0.4, -0.2) is 29.1 Å². The summed E-state index contributed by atoms with van der Waals surface area (Å²) in [6.45, 7) is 3.46. The third-order valence-corrected chi connectivity index (χ3v) is 3.00. The second-order valence-electron chi connectivity index (χ2n) is 4.89. The molecule has 2 rings (SSSR count). The Morgan fingerprint density at radius 3 is 2.70 bits per heavy atom. The van der Waals surface area contributed by atoms with E-state index in [-0.39, 0.29) is 23.9 Å². The molecule has 0 aliphatic heterocycles. The van der Waals surface area contributed by atoms with Crippen molar-refractivity contribution < 1.29 is 24.2 Å². The van der Waals surface area contributed by atoms with Gasteiger partial charge in [0.1, 0.15) is 0 Å². The van der Waals surface area contributed by atoms with E-state index in [9.17, 15) is 14.4 Å². The maximum atomic E-state index is 11.9. The highest BCUT2D eigenvalue weighted by Crippen LogP contribution is 2.31. The third-order valence-electron chi connectivity index (χ3n) is 3.00. The molecular weight excluding hydrogens is 262 g/mol. The maximum Gasteiger partial charge on any atom is 0.407 e. The number of nitrogens with one attached hydrogen (secondary N) is 1. The standard InChI is InChI=1S/C14H15NO5/c1-7(2)20-14(19)15-11-6-12(16)10-5-8(13(17)18)3-4-9(10)11/h3-5,7,11H,6H2,1-2H3,(H,15,19)(H,17,18). The van der Waals surface area contributed by atoms with Gasteiger partial charge in [0.15, 0.2) is 5.78 Å². The highest BCUT2D eigenvalue weighted by Gasteiger charge is 2.31. The van der Waals surface area contributed by atoms with E-state index < -0.39 is 18.1 Å². The molecule has 6 heteroatoms. The van der Waals surface area contributed by atoms with Crippen molar-refractivity contribution in [2.45, 2.75) is 32.4 Å². The van der Waals surface area contributed by atoms with Crippen LogP contribution in [0.3, 0.4) is 0 Å². The van der Waals surface area contributed by atoms with Crippen molar-refractivity contribution in [1.82, 2.24) is 5.32 Å². The quantitative estimate of drug-likeness (QED) is 0.883. The molecule has 0 bridgehead atoms. The Morgan fingerprint density at radius 2 is 2.10 bits per heavy atom. The molecule has 0 aromatic heterocycles. The van der Waals surface area contributed by atoms with Crippen LogP contribution in [-0.2, 0) is 4.74 Å². The van der Waals surface area contributed by atoms with Crippen molar-refractivity contribution in [3.05, 3.63) is 34.9 Å². The first kappa shape index (κ1) is 14.0. The van der Waals surface area contributed by atoms with Crippen LogP contribution in [0.4, 0.5) is 4.79 Å². The number of carbonyl (C=O) groups is 3. The van der Waals surface area contributed by atoms with Crippen molar-refractivity contribution in [2.75, 3.05) is 0 Å². The minimum atomic E-state index is -1.09. The first-order chi connectivity index (χ1) is 9.38. The summed E-state index contributed by atoms with van der Waals surface area (Å²) < 4.78 is 4.97. The van der Waals surface area contributed by atoms with Crippen LogP contribution in [0.2, 0.25) is 0 Å². The number of carbonyl (C=O) groups excluding carboxylic acids is 2. The molecule has 6 nitrogen and oxygen atoms in total. The van der Waals surface area contributed by atoms with Crippen LogP contribution in [0.25, 0.3) is 0 Å². The highest BCUT2D eigenvalue weighted by atomic mass is 16.6. The molecule has 1 aliphatic rings.